The highest BCUT2D eigenvalue weighted by molar-refractivity contribution is 7.18. The molecular formula is C13H13ClN4OS. The number of pyridine rings is 1. The lowest BCUT2D eigenvalue weighted by atomic mass is 9.93. The Bertz CT molecular complexity index is 710. The quantitative estimate of drug-likeness (QED) is 0.673. The number of hydrogen-bond acceptors (Lipinski definition) is 5. The summed E-state index contributed by atoms with van der Waals surface area (Å²) in [6, 6.07) is 3.42. The topological polar surface area (TPSA) is 52.3 Å². The minimum absolute atomic E-state index is 0.00847. The van der Waals surface area contributed by atoms with E-state index in [2.05, 4.69) is 35.8 Å². The van der Waals surface area contributed by atoms with E-state index in [1.54, 1.807) is 22.8 Å². The molecule has 3 heterocycles. The zero-order chi connectivity index (χ0) is 14.3. The standard InChI is InChI=1S/C13H13ClN4OS/c1-13(2,3)9-7-18-11(16-9)20-12(17-18)19-8-4-5-10(14)15-6-8/h4-7H,1-3H3. The van der Waals surface area contributed by atoms with Gasteiger partial charge in [-0.2, -0.15) is 0 Å². The van der Waals surface area contributed by atoms with E-state index in [0.29, 0.717) is 16.1 Å². The molecule has 0 aliphatic carbocycles. The highest BCUT2D eigenvalue weighted by atomic mass is 35.5. The molecule has 7 heteroatoms. The van der Waals surface area contributed by atoms with Crippen LogP contribution in [0.3, 0.4) is 0 Å². The molecule has 0 atom stereocenters. The van der Waals surface area contributed by atoms with Gasteiger partial charge in [0.2, 0.25) is 4.96 Å². The maximum absolute atomic E-state index is 5.73. The van der Waals surface area contributed by atoms with Gasteiger partial charge in [0, 0.05) is 5.41 Å². The third-order valence-electron chi connectivity index (χ3n) is 2.70. The molecule has 20 heavy (non-hydrogen) atoms. The van der Waals surface area contributed by atoms with Crippen molar-refractivity contribution >= 4 is 27.9 Å². The smallest absolute Gasteiger partial charge is 0.299 e. The molecule has 0 aliphatic heterocycles. The van der Waals surface area contributed by atoms with E-state index in [1.165, 1.54) is 11.3 Å². The molecule has 5 nitrogen and oxygen atoms in total. The molecule has 3 aromatic rings. The van der Waals surface area contributed by atoms with Crippen LogP contribution in [0.15, 0.2) is 24.5 Å². The van der Waals surface area contributed by atoms with Gasteiger partial charge in [0.1, 0.15) is 10.9 Å². The molecule has 104 valence electrons. The largest absolute Gasteiger partial charge is 0.428 e. The first-order chi connectivity index (χ1) is 9.41. The molecule has 3 rings (SSSR count). The summed E-state index contributed by atoms with van der Waals surface area (Å²) >= 11 is 7.12. The summed E-state index contributed by atoms with van der Waals surface area (Å²) in [7, 11) is 0. The molecule has 0 saturated heterocycles. The van der Waals surface area contributed by atoms with Gasteiger partial charge in [-0.05, 0) is 23.5 Å². The van der Waals surface area contributed by atoms with Crippen LogP contribution in [0.5, 0.6) is 10.9 Å². The van der Waals surface area contributed by atoms with Gasteiger partial charge in [-0.25, -0.2) is 14.5 Å². The van der Waals surface area contributed by atoms with Gasteiger partial charge in [0.05, 0.1) is 18.1 Å². The van der Waals surface area contributed by atoms with Gasteiger partial charge in [-0.3, -0.25) is 0 Å². The summed E-state index contributed by atoms with van der Waals surface area (Å²) in [6.07, 6.45) is 3.49. The van der Waals surface area contributed by atoms with E-state index in [9.17, 15) is 0 Å². The van der Waals surface area contributed by atoms with Crippen LogP contribution in [0.4, 0.5) is 0 Å². The van der Waals surface area contributed by atoms with E-state index < -0.39 is 0 Å². The highest BCUT2D eigenvalue weighted by Gasteiger charge is 2.19. The maximum Gasteiger partial charge on any atom is 0.299 e. The minimum Gasteiger partial charge on any atom is -0.428 e. The Morgan fingerprint density at radius 3 is 2.70 bits per heavy atom. The fourth-order valence-corrected chi connectivity index (χ4v) is 2.47. The van der Waals surface area contributed by atoms with Crippen molar-refractivity contribution in [1.29, 1.82) is 0 Å². The van der Waals surface area contributed by atoms with Crippen LogP contribution in [0.2, 0.25) is 5.15 Å². The van der Waals surface area contributed by atoms with E-state index in [1.807, 2.05) is 6.20 Å². The second-order valence-electron chi connectivity index (χ2n) is 5.39. The van der Waals surface area contributed by atoms with E-state index >= 15 is 0 Å². The first-order valence-electron chi connectivity index (χ1n) is 6.08. The van der Waals surface area contributed by atoms with Crippen LogP contribution >= 0.6 is 22.9 Å². The van der Waals surface area contributed by atoms with Gasteiger partial charge in [-0.15, -0.1) is 5.10 Å². The fourth-order valence-electron chi connectivity index (χ4n) is 1.61. The normalized spacial score (nSPS) is 12.0. The zero-order valence-electron chi connectivity index (χ0n) is 11.3. The van der Waals surface area contributed by atoms with Crippen molar-refractivity contribution in [3.63, 3.8) is 0 Å². The second-order valence-corrected chi connectivity index (χ2v) is 6.70. The highest BCUT2D eigenvalue weighted by Crippen LogP contribution is 2.29. The van der Waals surface area contributed by atoms with Crippen molar-refractivity contribution in [2.75, 3.05) is 0 Å². The van der Waals surface area contributed by atoms with Gasteiger partial charge < -0.3 is 4.74 Å². The first kappa shape index (κ1) is 13.3. The van der Waals surface area contributed by atoms with Crippen LogP contribution in [-0.2, 0) is 5.41 Å². The van der Waals surface area contributed by atoms with E-state index in [4.69, 9.17) is 16.3 Å². The van der Waals surface area contributed by atoms with Gasteiger partial charge in [0.25, 0.3) is 5.19 Å². The molecule has 0 fully saturated rings. The summed E-state index contributed by atoms with van der Waals surface area (Å²) in [6.45, 7) is 6.36. The lowest BCUT2D eigenvalue weighted by Crippen LogP contribution is -2.11. The molecule has 0 unspecified atom stereocenters. The van der Waals surface area contributed by atoms with Crippen LogP contribution in [0, 0.1) is 0 Å². The lowest BCUT2D eigenvalue weighted by molar-refractivity contribution is 0.468. The van der Waals surface area contributed by atoms with Crippen LogP contribution in [-0.4, -0.2) is 19.6 Å². The van der Waals surface area contributed by atoms with Crippen molar-refractivity contribution in [3.05, 3.63) is 35.4 Å². The van der Waals surface area contributed by atoms with E-state index in [0.717, 1.165) is 10.7 Å². The average molecular weight is 309 g/mol. The summed E-state index contributed by atoms with van der Waals surface area (Å²) in [4.78, 5) is 9.33. The number of hydrogen-bond donors (Lipinski definition) is 0. The number of imidazole rings is 1. The number of rotatable bonds is 2. The fraction of sp³-hybridized carbons (Fsp3) is 0.308. The van der Waals surface area contributed by atoms with Crippen molar-refractivity contribution in [3.8, 4) is 10.9 Å². The zero-order valence-corrected chi connectivity index (χ0v) is 12.9. The van der Waals surface area contributed by atoms with E-state index in [-0.39, 0.29) is 5.41 Å². The summed E-state index contributed by atoms with van der Waals surface area (Å²) in [5, 5.41) is 5.31. The summed E-state index contributed by atoms with van der Waals surface area (Å²) < 4.78 is 7.37. The number of ether oxygens (including phenoxy) is 1. The number of halogens is 1. The molecule has 0 spiro atoms. The third-order valence-corrected chi connectivity index (χ3v) is 3.72. The molecule has 0 amide bonds. The molecule has 0 radical (unpaired) electrons. The van der Waals surface area contributed by atoms with Crippen LogP contribution in [0.25, 0.3) is 4.96 Å². The Morgan fingerprint density at radius 1 is 1.30 bits per heavy atom. The Morgan fingerprint density at radius 2 is 2.10 bits per heavy atom. The monoisotopic (exact) mass is 308 g/mol. The first-order valence-corrected chi connectivity index (χ1v) is 7.27. The van der Waals surface area contributed by atoms with Gasteiger partial charge in [0.15, 0.2) is 0 Å². The molecule has 0 aliphatic rings. The lowest BCUT2D eigenvalue weighted by Gasteiger charge is -2.13. The van der Waals surface area contributed by atoms with Crippen molar-refractivity contribution < 1.29 is 4.74 Å². The Balaban J connectivity index is 1.86. The SMILES string of the molecule is CC(C)(C)c1cn2nc(Oc3ccc(Cl)nc3)sc2n1. The molecular weight excluding hydrogens is 296 g/mol. The third kappa shape index (κ3) is 2.62. The number of nitrogens with zero attached hydrogens (tertiary/aromatic N) is 4. The Kier molecular flexibility index (Phi) is 3.14. The Hall–Kier alpha value is -1.66. The molecule has 0 saturated carbocycles. The predicted octanol–water partition coefficient (Wildman–Crippen LogP) is 3.93. The molecule has 0 N–H and O–H groups in total. The van der Waals surface area contributed by atoms with Crippen molar-refractivity contribution in [1.82, 2.24) is 19.6 Å². The maximum atomic E-state index is 5.73. The van der Waals surface area contributed by atoms with Crippen molar-refractivity contribution in [2.45, 2.75) is 26.2 Å². The predicted molar refractivity (Wildman–Crippen MR) is 78.9 cm³/mol. The van der Waals surface area contributed by atoms with Gasteiger partial charge >= 0.3 is 0 Å². The Labute approximate surface area is 125 Å². The molecule has 0 aromatic carbocycles. The van der Waals surface area contributed by atoms with Crippen LogP contribution in [0.1, 0.15) is 26.5 Å². The molecule has 0 bridgehead atoms. The van der Waals surface area contributed by atoms with Crippen molar-refractivity contribution in [2.24, 2.45) is 0 Å². The minimum atomic E-state index is 0.00847. The average Bonchev–Trinajstić information content (AvgIpc) is 2.89. The van der Waals surface area contributed by atoms with Gasteiger partial charge in [-0.1, -0.05) is 32.4 Å². The number of aromatic nitrogens is 4. The number of fused-ring (bicyclic) bond motifs is 1. The van der Waals surface area contributed by atoms with Crippen LogP contribution < -0.4 is 4.74 Å². The second kappa shape index (κ2) is 4.71. The molecule has 3 aromatic heterocycles. The summed E-state index contributed by atoms with van der Waals surface area (Å²) in [5.41, 5.74) is 1.02. The summed E-state index contributed by atoms with van der Waals surface area (Å²) in [5.74, 6) is 0.599.